The molecule has 1 aromatic carbocycles. The van der Waals surface area contributed by atoms with Crippen LogP contribution in [-0.4, -0.2) is 21.2 Å². The molecule has 22 heavy (non-hydrogen) atoms. The van der Waals surface area contributed by atoms with Crippen molar-refractivity contribution in [2.45, 2.75) is 0 Å². The van der Waals surface area contributed by atoms with E-state index in [1.165, 1.54) is 12.1 Å². The number of nitrogens with zero attached hydrogens (tertiary/aromatic N) is 3. The van der Waals surface area contributed by atoms with Gasteiger partial charge in [-0.05, 0) is 24.3 Å². The van der Waals surface area contributed by atoms with Crippen LogP contribution in [0.5, 0.6) is 0 Å². The summed E-state index contributed by atoms with van der Waals surface area (Å²) in [5.74, 6) is 4.88. The van der Waals surface area contributed by atoms with Gasteiger partial charge in [0.15, 0.2) is 0 Å². The number of nitro groups is 1. The van der Waals surface area contributed by atoms with E-state index >= 15 is 0 Å². The van der Waals surface area contributed by atoms with Gasteiger partial charge in [0.2, 0.25) is 5.96 Å². The number of nitrogens with one attached hydrogen (secondary N) is 2. The van der Waals surface area contributed by atoms with Gasteiger partial charge in [0, 0.05) is 12.3 Å². The minimum absolute atomic E-state index is 0.0320. The van der Waals surface area contributed by atoms with Gasteiger partial charge < -0.3 is 4.57 Å². The van der Waals surface area contributed by atoms with E-state index in [1.807, 2.05) is 0 Å². The summed E-state index contributed by atoms with van der Waals surface area (Å²) in [6.45, 7) is 3.65. The molecule has 8 nitrogen and oxygen atoms in total. The maximum absolute atomic E-state index is 11.2. The number of nitrogens with two attached hydrogens (primary N) is 1. The Labute approximate surface area is 126 Å². The standard InChI is InChI=1S/C14H14N6O2/c1-2-10(17-14(15)18-16)11-8-5-9-19(11)12-6-3-4-7-13(12)20(21)22/h2-9H,1,16H2,(H2,15,18). The van der Waals surface area contributed by atoms with Gasteiger partial charge in [-0.1, -0.05) is 18.7 Å². The van der Waals surface area contributed by atoms with Gasteiger partial charge in [-0.3, -0.25) is 20.9 Å². The molecule has 0 saturated carbocycles. The van der Waals surface area contributed by atoms with Gasteiger partial charge in [0.25, 0.3) is 5.69 Å². The summed E-state index contributed by atoms with van der Waals surface area (Å²) in [4.78, 5) is 14.7. The quantitative estimate of drug-likeness (QED) is 0.261. The first kappa shape index (κ1) is 15.1. The summed E-state index contributed by atoms with van der Waals surface area (Å²) >= 11 is 0. The molecule has 0 saturated heterocycles. The highest BCUT2D eigenvalue weighted by Gasteiger charge is 2.17. The van der Waals surface area contributed by atoms with Gasteiger partial charge in [0.05, 0.1) is 16.3 Å². The number of hydrazine groups is 1. The predicted molar refractivity (Wildman–Crippen MR) is 84.2 cm³/mol. The molecule has 0 radical (unpaired) electrons. The van der Waals surface area contributed by atoms with E-state index < -0.39 is 4.92 Å². The number of para-hydroxylation sites is 2. The number of rotatable bonds is 4. The molecule has 2 rings (SSSR count). The topological polar surface area (TPSA) is 122 Å². The largest absolute Gasteiger partial charge is 0.309 e. The van der Waals surface area contributed by atoms with E-state index in [0.717, 1.165) is 0 Å². The molecular weight excluding hydrogens is 284 g/mol. The number of benzene rings is 1. The lowest BCUT2D eigenvalue weighted by Gasteiger charge is -2.10. The molecule has 8 heteroatoms. The molecular formula is C14H14N6O2. The zero-order valence-electron chi connectivity index (χ0n) is 11.6. The van der Waals surface area contributed by atoms with E-state index in [2.05, 4.69) is 17.0 Å². The Morgan fingerprint density at radius 1 is 1.41 bits per heavy atom. The average Bonchev–Trinajstić information content (AvgIpc) is 3.01. The predicted octanol–water partition coefficient (Wildman–Crippen LogP) is 1.76. The van der Waals surface area contributed by atoms with Gasteiger partial charge in [0.1, 0.15) is 5.69 Å². The number of hydrogen-bond acceptors (Lipinski definition) is 4. The third kappa shape index (κ3) is 2.91. The minimum atomic E-state index is -0.451. The number of allylic oxidation sites excluding steroid dienone is 1. The molecule has 0 bridgehead atoms. The third-order valence-electron chi connectivity index (χ3n) is 2.91. The van der Waals surface area contributed by atoms with Crippen LogP contribution in [0.25, 0.3) is 5.69 Å². The van der Waals surface area contributed by atoms with Gasteiger partial charge in [-0.25, -0.2) is 10.8 Å². The smallest absolute Gasteiger partial charge is 0.293 e. The van der Waals surface area contributed by atoms with Crippen LogP contribution in [0.4, 0.5) is 5.69 Å². The van der Waals surface area contributed by atoms with Crippen molar-refractivity contribution in [3.8, 4) is 5.69 Å². The summed E-state index contributed by atoms with van der Waals surface area (Å²) in [5, 5.41) is 18.6. The Hall–Kier alpha value is -3.26. The van der Waals surface area contributed by atoms with E-state index in [0.29, 0.717) is 17.1 Å². The highest BCUT2D eigenvalue weighted by Crippen LogP contribution is 2.24. The normalized spacial score (nSPS) is 11.0. The fourth-order valence-corrected chi connectivity index (χ4v) is 1.98. The highest BCUT2D eigenvalue weighted by atomic mass is 16.6. The molecule has 112 valence electrons. The van der Waals surface area contributed by atoms with Gasteiger partial charge in [-0.15, -0.1) is 0 Å². The van der Waals surface area contributed by atoms with Crippen LogP contribution in [0.3, 0.4) is 0 Å². The molecule has 2 aromatic rings. The van der Waals surface area contributed by atoms with Crippen LogP contribution in [0, 0.1) is 15.5 Å². The fourth-order valence-electron chi connectivity index (χ4n) is 1.98. The summed E-state index contributed by atoms with van der Waals surface area (Å²) in [6.07, 6.45) is 3.13. The highest BCUT2D eigenvalue weighted by molar-refractivity contribution is 6.12. The molecule has 0 atom stereocenters. The Morgan fingerprint density at radius 2 is 2.14 bits per heavy atom. The summed E-state index contributed by atoms with van der Waals surface area (Å²) in [6, 6.07) is 9.81. The molecule has 0 aliphatic rings. The maximum Gasteiger partial charge on any atom is 0.293 e. The zero-order chi connectivity index (χ0) is 16.1. The van der Waals surface area contributed by atoms with Crippen molar-refractivity contribution < 1.29 is 4.92 Å². The Balaban J connectivity index is 2.60. The first-order valence-corrected chi connectivity index (χ1v) is 6.26. The van der Waals surface area contributed by atoms with E-state index in [1.54, 1.807) is 41.1 Å². The summed E-state index contributed by atoms with van der Waals surface area (Å²) in [7, 11) is 0. The lowest BCUT2D eigenvalue weighted by molar-refractivity contribution is -0.384. The van der Waals surface area contributed by atoms with Crippen molar-refractivity contribution in [3.05, 3.63) is 71.1 Å². The van der Waals surface area contributed by atoms with Crippen LogP contribution >= 0.6 is 0 Å². The van der Waals surface area contributed by atoms with E-state index in [4.69, 9.17) is 11.3 Å². The second-order valence-electron chi connectivity index (χ2n) is 4.20. The molecule has 0 aliphatic heterocycles. The van der Waals surface area contributed by atoms with Crippen molar-refractivity contribution in [3.63, 3.8) is 0 Å². The van der Waals surface area contributed by atoms with Crippen LogP contribution in [0.2, 0.25) is 0 Å². The number of hydrogen-bond donors (Lipinski definition) is 3. The Kier molecular flexibility index (Phi) is 4.44. The maximum atomic E-state index is 11.2. The fraction of sp³-hybridized carbons (Fsp3) is 0. The minimum Gasteiger partial charge on any atom is -0.309 e. The molecule has 1 heterocycles. The molecule has 4 N–H and O–H groups in total. The number of nitro benzene ring substituents is 1. The molecule has 0 aliphatic carbocycles. The number of aliphatic imine (C=N–C) groups is 1. The first-order chi connectivity index (χ1) is 10.6. The van der Waals surface area contributed by atoms with Crippen molar-refractivity contribution >= 4 is 17.4 Å². The molecule has 0 unspecified atom stereocenters. The van der Waals surface area contributed by atoms with Crippen molar-refractivity contribution in [1.82, 2.24) is 9.99 Å². The average molecular weight is 298 g/mol. The number of aromatic nitrogens is 1. The Morgan fingerprint density at radius 3 is 2.77 bits per heavy atom. The lowest BCUT2D eigenvalue weighted by atomic mass is 10.2. The van der Waals surface area contributed by atoms with Gasteiger partial charge >= 0.3 is 0 Å². The monoisotopic (exact) mass is 298 g/mol. The molecule has 0 fully saturated rings. The van der Waals surface area contributed by atoms with Crippen molar-refractivity contribution in [2.75, 3.05) is 0 Å². The Bertz CT molecular complexity index is 762. The second kappa shape index (κ2) is 6.46. The van der Waals surface area contributed by atoms with Gasteiger partial charge in [-0.2, -0.15) is 0 Å². The van der Waals surface area contributed by atoms with Crippen molar-refractivity contribution in [2.24, 2.45) is 10.8 Å². The van der Waals surface area contributed by atoms with Crippen LogP contribution in [0.1, 0.15) is 5.69 Å². The van der Waals surface area contributed by atoms with Crippen LogP contribution < -0.4 is 11.3 Å². The van der Waals surface area contributed by atoms with E-state index in [9.17, 15) is 10.1 Å². The third-order valence-corrected chi connectivity index (χ3v) is 2.91. The van der Waals surface area contributed by atoms with Crippen LogP contribution in [-0.2, 0) is 0 Å². The zero-order valence-corrected chi connectivity index (χ0v) is 11.6. The molecule has 0 amide bonds. The van der Waals surface area contributed by atoms with E-state index in [-0.39, 0.29) is 11.6 Å². The first-order valence-electron chi connectivity index (χ1n) is 6.26. The lowest BCUT2D eigenvalue weighted by Crippen LogP contribution is -2.28. The molecule has 0 spiro atoms. The SMILES string of the molecule is C=CC(=NC(=N)NN)c1cccn1-c1ccccc1[N+](=O)[O-]. The van der Waals surface area contributed by atoms with Crippen molar-refractivity contribution in [1.29, 1.82) is 5.41 Å². The summed E-state index contributed by atoms with van der Waals surface area (Å²) < 4.78 is 1.61. The van der Waals surface area contributed by atoms with Crippen LogP contribution in [0.15, 0.2) is 60.2 Å². The second-order valence-corrected chi connectivity index (χ2v) is 4.20. The summed E-state index contributed by atoms with van der Waals surface area (Å²) in [5.41, 5.74) is 3.40. The molecule has 1 aromatic heterocycles. The number of guanidine groups is 1.